The standard InChI is InChI=1S/C14H17N5O2/c1-8-3-11-12(9(2)21-8)18-19-13(11)14(20)17-6-10-4-15-7-16-5-10/h4-5,7-9H,3,6H2,1-2H3,(H,17,20)(H,18,19)/t8-,9+/m1/s1. The first kappa shape index (κ1) is 13.7. The number of carbonyl (C=O) groups excluding carboxylic acids is 1. The molecule has 1 aliphatic rings. The van der Waals surface area contributed by atoms with Crippen molar-refractivity contribution >= 4 is 5.91 Å². The Bertz CT molecular complexity index is 640. The molecule has 2 atom stereocenters. The van der Waals surface area contributed by atoms with Gasteiger partial charge in [0.05, 0.1) is 17.9 Å². The second kappa shape index (κ2) is 5.61. The van der Waals surface area contributed by atoms with Gasteiger partial charge in [0.15, 0.2) is 5.69 Å². The van der Waals surface area contributed by atoms with E-state index in [1.54, 1.807) is 12.4 Å². The lowest BCUT2D eigenvalue weighted by Crippen LogP contribution is -2.27. The number of aromatic nitrogens is 4. The first-order valence-electron chi connectivity index (χ1n) is 6.90. The minimum absolute atomic E-state index is 0.0691. The number of hydrogen-bond donors (Lipinski definition) is 2. The zero-order chi connectivity index (χ0) is 14.8. The van der Waals surface area contributed by atoms with Crippen LogP contribution in [0.2, 0.25) is 0 Å². The Hall–Kier alpha value is -2.28. The smallest absolute Gasteiger partial charge is 0.272 e. The van der Waals surface area contributed by atoms with Crippen LogP contribution in [0, 0.1) is 0 Å². The summed E-state index contributed by atoms with van der Waals surface area (Å²) >= 11 is 0. The molecule has 21 heavy (non-hydrogen) atoms. The number of H-pyrrole nitrogens is 1. The van der Waals surface area contributed by atoms with E-state index in [0.29, 0.717) is 18.7 Å². The van der Waals surface area contributed by atoms with Gasteiger partial charge in [0.1, 0.15) is 6.33 Å². The Kier molecular flexibility index (Phi) is 3.66. The van der Waals surface area contributed by atoms with Crippen molar-refractivity contribution in [2.75, 3.05) is 0 Å². The van der Waals surface area contributed by atoms with Crippen molar-refractivity contribution < 1.29 is 9.53 Å². The van der Waals surface area contributed by atoms with Crippen LogP contribution in [0.25, 0.3) is 0 Å². The van der Waals surface area contributed by atoms with Crippen molar-refractivity contribution in [3.63, 3.8) is 0 Å². The molecule has 3 rings (SSSR count). The molecule has 2 N–H and O–H groups in total. The van der Waals surface area contributed by atoms with E-state index < -0.39 is 0 Å². The largest absolute Gasteiger partial charge is 0.369 e. The topological polar surface area (TPSA) is 92.8 Å². The minimum Gasteiger partial charge on any atom is -0.369 e. The molecule has 0 saturated heterocycles. The first-order valence-corrected chi connectivity index (χ1v) is 6.90. The second-order valence-corrected chi connectivity index (χ2v) is 5.19. The summed E-state index contributed by atoms with van der Waals surface area (Å²) in [6.07, 6.45) is 5.50. The number of aromatic amines is 1. The Morgan fingerprint density at radius 3 is 2.95 bits per heavy atom. The van der Waals surface area contributed by atoms with Gasteiger partial charge in [-0.05, 0) is 13.8 Å². The highest BCUT2D eigenvalue weighted by Crippen LogP contribution is 2.29. The summed E-state index contributed by atoms with van der Waals surface area (Å²) < 4.78 is 5.72. The predicted octanol–water partition coefficient (Wildman–Crippen LogP) is 1.15. The summed E-state index contributed by atoms with van der Waals surface area (Å²) in [6.45, 7) is 4.33. The lowest BCUT2D eigenvalue weighted by atomic mass is 9.99. The lowest BCUT2D eigenvalue weighted by molar-refractivity contribution is -0.00697. The maximum atomic E-state index is 12.3. The maximum absolute atomic E-state index is 12.3. The van der Waals surface area contributed by atoms with Crippen LogP contribution in [0.5, 0.6) is 0 Å². The van der Waals surface area contributed by atoms with E-state index >= 15 is 0 Å². The molecule has 0 unspecified atom stereocenters. The number of ether oxygens (including phenoxy) is 1. The van der Waals surface area contributed by atoms with Crippen LogP contribution >= 0.6 is 0 Å². The number of fused-ring (bicyclic) bond motifs is 1. The monoisotopic (exact) mass is 287 g/mol. The second-order valence-electron chi connectivity index (χ2n) is 5.19. The molecule has 7 nitrogen and oxygen atoms in total. The summed E-state index contributed by atoms with van der Waals surface area (Å²) in [7, 11) is 0. The molecular weight excluding hydrogens is 270 g/mol. The molecule has 0 aromatic carbocycles. The van der Waals surface area contributed by atoms with Crippen molar-refractivity contribution in [3.05, 3.63) is 41.2 Å². The van der Waals surface area contributed by atoms with Gasteiger partial charge >= 0.3 is 0 Å². The molecule has 2 aromatic rings. The fourth-order valence-electron chi connectivity index (χ4n) is 2.55. The van der Waals surface area contributed by atoms with Gasteiger partial charge in [-0.25, -0.2) is 9.97 Å². The van der Waals surface area contributed by atoms with Crippen LogP contribution in [-0.4, -0.2) is 32.2 Å². The Morgan fingerprint density at radius 2 is 2.19 bits per heavy atom. The van der Waals surface area contributed by atoms with Gasteiger partial charge in [-0.15, -0.1) is 0 Å². The van der Waals surface area contributed by atoms with Crippen LogP contribution in [-0.2, 0) is 17.7 Å². The molecule has 0 fully saturated rings. The molecule has 1 aliphatic heterocycles. The van der Waals surface area contributed by atoms with E-state index in [2.05, 4.69) is 25.5 Å². The summed E-state index contributed by atoms with van der Waals surface area (Å²) in [4.78, 5) is 20.1. The number of rotatable bonds is 3. The number of carbonyl (C=O) groups is 1. The van der Waals surface area contributed by atoms with Gasteiger partial charge < -0.3 is 10.1 Å². The molecule has 1 amide bonds. The highest BCUT2D eigenvalue weighted by atomic mass is 16.5. The van der Waals surface area contributed by atoms with Crippen molar-refractivity contribution in [1.29, 1.82) is 0 Å². The minimum atomic E-state index is -0.197. The van der Waals surface area contributed by atoms with Crippen molar-refractivity contribution in [3.8, 4) is 0 Å². The number of hydrogen-bond acceptors (Lipinski definition) is 5. The number of nitrogens with zero attached hydrogens (tertiary/aromatic N) is 3. The summed E-state index contributed by atoms with van der Waals surface area (Å²) in [5, 5.41) is 9.90. The van der Waals surface area contributed by atoms with E-state index in [0.717, 1.165) is 16.8 Å². The highest BCUT2D eigenvalue weighted by Gasteiger charge is 2.29. The Morgan fingerprint density at radius 1 is 1.43 bits per heavy atom. The zero-order valence-corrected chi connectivity index (χ0v) is 12.0. The van der Waals surface area contributed by atoms with Gasteiger partial charge in [-0.1, -0.05) is 0 Å². The normalized spacial score (nSPS) is 20.9. The quantitative estimate of drug-likeness (QED) is 0.883. The first-order chi connectivity index (χ1) is 10.1. The molecule has 110 valence electrons. The Balaban J connectivity index is 1.74. The van der Waals surface area contributed by atoms with Gasteiger partial charge in [0.25, 0.3) is 5.91 Å². The molecule has 0 saturated carbocycles. The third kappa shape index (κ3) is 2.78. The van der Waals surface area contributed by atoms with Crippen LogP contribution in [0.3, 0.4) is 0 Å². The maximum Gasteiger partial charge on any atom is 0.272 e. The van der Waals surface area contributed by atoms with Crippen LogP contribution < -0.4 is 5.32 Å². The fraction of sp³-hybridized carbons (Fsp3) is 0.429. The van der Waals surface area contributed by atoms with Crippen LogP contribution in [0.1, 0.15) is 47.3 Å². The number of amides is 1. The third-order valence-electron chi connectivity index (χ3n) is 3.52. The summed E-state index contributed by atoms with van der Waals surface area (Å²) in [5.41, 5.74) is 3.13. The number of nitrogens with one attached hydrogen (secondary N) is 2. The third-order valence-corrected chi connectivity index (χ3v) is 3.52. The van der Waals surface area contributed by atoms with Crippen molar-refractivity contribution in [2.45, 2.75) is 39.0 Å². The summed E-state index contributed by atoms with van der Waals surface area (Å²) in [6, 6.07) is 0. The van der Waals surface area contributed by atoms with E-state index in [4.69, 9.17) is 4.74 Å². The average molecular weight is 287 g/mol. The predicted molar refractivity (Wildman–Crippen MR) is 74.5 cm³/mol. The molecule has 0 spiro atoms. The molecule has 3 heterocycles. The molecule has 7 heteroatoms. The van der Waals surface area contributed by atoms with Crippen molar-refractivity contribution in [1.82, 2.24) is 25.5 Å². The van der Waals surface area contributed by atoms with Crippen LogP contribution in [0.15, 0.2) is 18.7 Å². The van der Waals surface area contributed by atoms with Crippen LogP contribution in [0.4, 0.5) is 0 Å². The van der Waals surface area contributed by atoms with Gasteiger partial charge in [0, 0.05) is 36.5 Å². The van der Waals surface area contributed by atoms with E-state index in [9.17, 15) is 4.79 Å². The molecule has 0 bridgehead atoms. The molecule has 0 aliphatic carbocycles. The molecule has 2 aromatic heterocycles. The van der Waals surface area contributed by atoms with E-state index in [1.165, 1.54) is 6.33 Å². The molecular formula is C14H17N5O2. The van der Waals surface area contributed by atoms with E-state index in [-0.39, 0.29) is 18.1 Å². The van der Waals surface area contributed by atoms with Gasteiger partial charge in [-0.3, -0.25) is 9.89 Å². The Labute approximate surface area is 122 Å². The molecule has 0 radical (unpaired) electrons. The highest BCUT2D eigenvalue weighted by molar-refractivity contribution is 5.94. The zero-order valence-electron chi connectivity index (χ0n) is 12.0. The van der Waals surface area contributed by atoms with E-state index in [1.807, 2.05) is 13.8 Å². The SMILES string of the molecule is C[C@@H]1Cc2c(C(=O)NCc3cncnc3)n[nH]c2[C@H](C)O1. The summed E-state index contributed by atoms with van der Waals surface area (Å²) in [5.74, 6) is -0.197. The van der Waals surface area contributed by atoms with Crippen molar-refractivity contribution in [2.24, 2.45) is 0 Å². The fourth-order valence-corrected chi connectivity index (χ4v) is 2.55. The van der Waals surface area contributed by atoms with Gasteiger partial charge in [0.2, 0.25) is 0 Å². The average Bonchev–Trinajstić information content (AvgIpc) is 2.90. The lowest BCUT2D eigenvalue weighted by Gasteiger charge is -2.25. The van der Waals surface area contributed by atoms with Gasteiger partial charge in [-0.2, -0.15) is 5.10 Å².